The van der Waals surface area contributed by atoms with Crippen LogP contribution in [0.4, 0.5) is 18.9 Å². The minimum atomic E-state index is -4.69. The van der Waals surface area contributed by atoms with Crippen LogP contribution in [0.15, 0.2) is 18.2 Å². The lowest BCUT2D eigenvalue weighted by atomic mass is 10.1. The Hall–Kier alpha value is -1.83. The van der Waals surface area contributed by atoms with Crippen molar-refractivity contribution in [3.63, 3.8) is 0 Å². The molecule has 2 rings (SSSR count). The summed E-state index contributed by atoms with van der Waals surface area (Å²) in [5.74, 6) is -0.364. The fourth-order valence-electron chi connectivity index (χ4n) is 2.06. The molecule has 1 aromatic rings. The first-order valence-corrected chi connectivity index (χ1v) is 6.11. The highest BCUT2D eigenvalue weighted by atomic mass is 19.4. The van der Waals surface area contributed by atoms with Crippen molar-refractivity contribution in [2.75, 3.05) is 13.1 Å². The van der Waals surface area contributed by atoms with E-state index >= 15 is 0 Å². The Morgan fingerprint density at radius 3 is 2.70 bits per heavy atom. The first-order chi connectivity index (χ1) is 9.38. The van der Waals surface area contributed by atoms with Crippen molar-refractivity contribution in [3.8, 4) is 5.75 Å². The molecule has 20 heavy (non-hydrogen) atoms. The van der Waals surface area contributed by atoms with Crippen LogP contribution >= 0.6 is 0 Å². The topological polar surface area (TPSA) is 64.4 Å². The highest BCUT2D eigenvalue weighted by Crippen LogP contribution is 2.39. The maximum absolute atomic E-state index is 12.9. The molecule has 0 radical (unpaired) electrons. The van der Waals surface area contributed by atoms with Gasteiger partial charge in [0.1, 0.15) is 17.4 Å². The molecule has 1 aliphatic heterocycles. The zero-order valence-electron chi connectivity index (χ0n) is 10.4. The number of hydrogen-bond acceptors (Lipinski definition) is 4. The van der Waals surface area contributed by atoms with E-state index in [2.05, 4.69) is 5.32 Å². The molecular weight excluding hydrogens is 277 g/mol. The average molecular weight is 290 g/mol. The average Bonchev–Trinajstić information content (AvgIpc) is 2.39. The molecule has 1 aromatic carbocycles. The zero-order chi connectivity index (χ0) is 14.8. The van der Waals surface area contributed by atoms with Crippen LogP contribution in [-0.4, -0.2) is 24.1 Å². The Labute approximate surface area is 112 Å². The van der Waals surface area contributed by atoms with Gasteiger partial charge >= 0.3 is 6.18 Å². The molecule has 8 heteroatoms. The number of nitrogens with zero attached hydrogens (tertiary/aromatic N) is 1. The van der Waals surface area contributed by atoms with E-state index < -0.39 is 22.4 Å². The van der Waals surface area contributed by atoms with Gasteiger partial charge in [0.2, 0.25) is 0 Å². The summed E-state index contributed by atoms with van der Waals surface area (Å²) in [5, 5.41) is 13.6. The Morgan fingerprint density at radius 2 is 2.15 bits per heavy atom. The van der Waals surface area contributed by atoms with Crippen LogP contribution < -0.4 is 10.1 Å². The summed E-state index contributed by atoms with van der Waals surface area (Å²) in [4.78, 5) is 9.71. The van der Waals surface area contributed by atoms with Gasteiger partial charge in [0, 0.05) is 18.7 Å². The molecule has 1 unspecified atom stereocenters. The lowest BCUT2D eigenvalue weighted by Gasteiger charge is -2.25. The SMILES string of the molecule is O=[N+]([O-])c1ccc(OC2CCCNC2)c(C(F)(F)F)c1. The lowest BCUT2D eigenvalue weighted by molar-refractivity contribution is -0.385. The van der Waals surface area contributed by atoms with E-state index in [-0.39, 0.29) is 11.9 Å². The van der Waals surface area contributed by atoms with Crippen LogP contribution in [0.1, 0.15) is 18.4 Å². The van der Waals surface area contributed by atoms with Crippen molar-refractivity contribution >= 4 is 5.69 Å². The predicted molar refractivity (Wildman–Crippen MR) is 64.6 cm³/mol. The Kier molecular flexibility index (Phi) is 4.12. The number of benzene rings is 1. The van der Waals surface area contributed by atoms with E-state index in [1.54, 1.807) is 0 Å². The molecule has 0 amide bonds. The fraction of sp³-hybridized carbons (Fsp3) is 0.500. The van der Waals surface area contributed by atoms with Crippen molar-refractivity contribution < 1.29 is 22.8 Å². The molecule has 0 aliphatic carbocycles. The van der Waals surface area contributed by atoms with Gasteiger partial charge in [0.25, 0.3) is 5.69 Å². The van der Waals surface area contributed by atoms with Gasteiger partial charge in [-0.15, -0.1) is 0 Å². The number of halogens is 3. The number of piperidine rings is 1. The van der Waals surface area contributed by atoms with Gasteiger partial charge in [-0.25, -0.2) is 0 Å². The van der Waals surface area contributed by atoms with Crippen molar-refractivity contribution in [2.45, 2.75) is 25.1 Å². The van der Waals surface area contributed by atoms with Crippen LogP contribution in [0.3, 0.4) is 0 Å². The minimum absolute atomic E-state index is 0.355. The molecule has 0 aromatic heterocycles. The number of nitrogens with one attached hydrogen (secondary N) is 1. The lowest BCUT2D eigenvalue weighted by Crippen LogP contribution is -2.37. The molecule has 0 bridgehead atoms. The van der Waals surface area contributed by atoms with E-state index in [4.69, 9.17) is 4.74 Å². The van der Waals surface area contributed by atoms with E-state index in [9.17, 15) is 23.3 Å². The third kappa shape index (κ3) is 3.38. The highest BCUT2D eigenvalue weighted by molar-refractivity contribution is 5.45. The molecule has 1 atom stereocenters. The normalized spacial score (nSPS) is 19.6. The second-order valence-corrected chi connectivity index (χ2v) is 4.52. The molecular formula is C12H13F3N2O3. The first kappa shape index (κ1) is 14.6. The zero-order valence-corrected chi connectivity index (χ0v) is 10.4. The van der Waals surface area contributed by atoms with Gasteiger partial charge in [-0.05, 0) is 25.5 Å². The molecule has 5 nitrogen and oxygen atoms in total. The van der Waals surface area contributed by atoms with Gasteiger partial charge in [-0.3, -0.25) is 10.1 Å². The Morgan fingerprint density at radius 1 is 1.40 bits per heavy atom. The molecule has 110 valence electrons. The summed E-state index contributed by atoms with van der Waals surface area (Å²) in [6.45, 7) is 1.28. The molecule has 1 N–H and O–H groups in total. The largest absolute Gasteiger partial charge is 0.488 e. The third-order valence-corrected chi connectivity index (χ3v) is 3.02. The molecule has 0 saturated carbocycles. The smallest absolute Gasteiger partial charge is 0.420 e. The van der Waals surface area contributed by atoms with Gasteiger partial charge in [0.05, 0.1) is 4.92 Å². The van der Waals surface area contributed by atoms with Crippen LogP contribution in [-0.2, 0) is 6.18 Å². The number of alkyl halides is 3. The number of nitro benzene ring substituents is 1. The maximum atomic E-state index is 12.9. The predicted octanol–water partition coefficient (Wildman–Crippen LogP) is 2.74. The number of ether oxygens (including phenoxy) is 1. The second-order valence-electron chi connectivity index (χ2n) is 4.52. The molecule has 1 aliphatic rings. The fourth-order valence-corrected chi connectivity index (χ4v) is 2.06. The van der Waals surface area contributed by atoms with E-state index in [0.29, 0.717) is 19.0 Å². The summed E-state index contributed by atoms with van der Waals surface area (Å²) in [5.41, 5.74) is -1.72. The Balaban J connectivity index is 2.28. The number of nitro groups is 1. The van der Waals surface area contributed by atoms with Crippen LogP contribution in [0, 0.1) is 10.1 Å². The number of rotatable bonds is 3. The molecule has 0 spiro atoms. The first-order valence-electron chi connectivity index (χ1n) is 6.11. The van der Waals surface area contributed by atoms with Gasteiger partial charge < -0.3 is 10.1 Å². The van der Waals surface area contributed by atoms with Gasteiger partial charge in [-0.1, -0.05) is 0 Å². The van der Waals surface area contributed by atoms with E-state index in [1.165, 1.54) is 0 Å². The molecule has 1 saturated heterocycles. The second kappa shape index (κ2) is 5.66. The van der Waals surface area contributed by atoms with Crippen molar-refractivity contribution in [2.24, 2.45) is 0 Å². The number of non-ortho nitro benzene ring substituents is 1. The summed E-state index contributed by atoms with van der Waals surface area (Å²) >= 11 is 0. The van der Waals surface area contributed by atoms with Crippen LogP contribution in [0.25, 0.3) is 0 Å². The highest BCUT2D eigenvalue weighted by Gasteiger charge is 2.36. The van der Waals surface area contributed by atoms with E-state index in [1.807, 2.05) is 0 Å². The van der Waals surface area contributed by atoms with Crippen LogP contribution in [0.2, 0.25) is 0 Å². The summed E-state index contributed by atoms with van der Waals surface area (Å²) in [6.07, 6.45) is -3.57. The van der Waals surface area contributed by atoms with Crippen molar-refractivity contribution in [3.05, 3.63) is 33.9 Å². The van der Waals surface area contributed by atoms with Crippen molar-refractivity contribution in [1.29, 1.82) is 0 Å². The van der Waals surface area contributed by atoms with E-state index in [0.717, 1.165) is 25.1 Å². The van der Waals surface area contributed by atoms with Crippen LogP contribution in [0.5, 0.6) is 5.75 Å². The summed E-state index contributed by atoms with van der Waals surface area (Å²) < 4.78 is 44.1. The maximum Gasteiger partial charge on any atom is 0.420 e. The minimum Gasteiger partial charge on any atom is -0.488 e. The number of hydrogen-bond donors (Lipinski definition) is 1. The molecule has 1 fully saturated rings. The Bertz CT molecular complexity index is 499. The van der Waals surface area contributed by atoms with Gasteiger partial charge in [0.15, 0.2) is 0 Å². The third-order valence-electron chi connectivity index (χ3n) is 3.02. The van der Waals surface area contributed by atoms with Crippen molar-refractivity contribution in [1.82, 2.24) is 5.32 Å². The van der Waals surface area contributed by atoms with Gasteiger partial charge in [-0.2, -0.15) is 13.2 Å². The quantitative estimate of drug-likeness (QED) is 0.686. The molecule has 1 heterocycles. The summed E-state index contributed by atoms with van der Waals surface area (Å²) in [7, 11) is 0. The monoisotopic (exact) mass is 290 g/mol. The standard InChI is InChI=1S/C12H13F3N2O3/c13-12(14,15)10-6-8(17(18)19)3-4-11(10)20-9-2-1-5-16-7-9/h3-4,6,9,16H,1-2,5,7H2. The summed E-state index contributed by atoms with van der Waals surface area (Å²) in [6, 6.07) is 2.53.